The van der Waals surface area contributed by atoms with E-state index in [0.29, 0.717) is 13.2 Å². The van der Waals surface area contributed by atoms with Crippen molar-refractivity contribution in [2.45, 2.75) is 26.2 Å². The third-order valence-electron chi connectivity index (χ3n) is 4.76. The van der Waals surface area contributed by atoms with E-state index in [1.807, 2.05) is 18.2 Å². The lowest BCUT2D eigenvalue weighted by Gasteiger charge is -2.18. The molecular formula is C24H37IN4O2. The van der Waals surface area contributed by atoms with Crippen LogP contribution in [0.4, 0.5) is 0 Å². The Kier molecular flexibility index (Phi) is 15.0. The topological polar surface area (TPSA) is 58.1 Å². The molecule has 2 rings (SSSR count). The zero-order valence-corrected chi connectivity index (χ0v) is 21.3. The molecule has 0 aliphatic rings. The summed E-state index contributed by atoms with van der Waals surface area (Å²) in [4.78, 5) is 6.59. The number of nitrogens with one attached hydrogen (secondary N) is 2. The van der Waals surface area contributed by atoms with Crippen LogP contribution in [0.2, 0.25) is 0 Å². The fraction of sp³-hybridized carbons (Fsp3) is 0.458. The zero-order chi connectivity index (χ0) is 21.4. The molecule has 0 saturated heterocycles. The number of hydrogen-bond acceptors (Lipinski definition) is 4. The van der Waals surface area contributed by atoms with Crippen LogP contribution in [0.3, 0.4) is 0 Å². The number of ether oxygens (including phenoxy) is 2. The second-order valence-electron chi connectivity index (χ2n) is 7.30. The Bertz CT molecular complexity index is 726. The fourth-order valence-electron chi connectivity index (χ4n) is 2.98. The highest BCUT2D eigenvalue weighted by atomic mass is 127. The molecule has 0 aliphatic carbocycles. The van der Waals surface area contributed by atoms with Gasteiger partial charge in [0.05, 0.1) is 13.2 Å². The van der Waals surface area contributed by atoms with Crippen LogP contribution in [0.1, 0.15) is 23.1 Å². The molecule has 0 radical (unpaired) electrons. The summed E-state index contributed by atoms with van der Waals surface area (Å²) >= 11 is 0. The molecular weight excluding hydrogens is 503 g/mol. The normalized spacial score (nSPS) is 11.3. The van der Waals surface area contributed by atoms with Crippen LogP contribution < -0.4 is 10.6 Å². The maximum atomic E-state index is 5.80. The van der Waals surface area contributed by atoms with Crippen molar-refractivity contribution in [3.8, 4) is 0 Å². The van der Waals surface area contributed by atoms with Gasteiger partial charge in [0.1, 0.15) is 0 Å². The molecule has 2 aromatic rings. The third kappa shape index (κ3) is 12.1. The van der Waals surface area contributed by atoms with E-state index in [4.69, 9.17) is 9.47 Å². The summed E-state index contributed by atoms with van der Waals surface area (Å²) in [7, 11) is 5.66. The van der Waals surface area contributed by atoms with Crippen molar-refractivity contribution in [1.29, 1.82) is 0 Å². The first-order valence-corrected chi connectivity index (χ1v) is 10.5. The molecule has 0 saturated carbocycles. The van der Waals surface area contributed by atoms with E-state index >= 15 is 0 Å². The minimum atomic E-state index is 0. The van der Waals surface area contributed by atoms with E-state index in [2.05, 4.69) is 64.0 Å². The van der Waals surface area contributed by atoms with E-state index in [1.54, 1.807) is 14.2 Å². The van der Waals surface area contributed by atoms with Gasteiger partial charge in [0.25, 0.3) is 0 Å². The highest BCUT2D eigenvalue weighted by Crippen LogP contribution is 2.08. The Morgan fingerprint density at radius 3 is 2.19 bits per heavy atom. The Balaban J connectivity index is 0.00000480. The van der Waals surface area contributed by atoms with Gasteiger partial charge in [-0.25, -0.2) is 0 Å². The number of methoxy groups -OCH3 is 1. The van der Waals surface area contributed by atoms with Crippen molar-refractivity contribution < 1.29 is 9.47 Å². The van der Waals surface area contributed by atoms with Crippen LogP contribution in [0.15, 0.2) is 59.6 Å². The van der Waals surface area contributed by atoms with Gasteiger partial charge in [0.15, 0.2) is 5.96 Å². The monoisotopic (exact) mass is 540 g/mol. The smallest absolute Gasteiger partial charge is 0.191 e. The van der Waals surface area contributed by atoms with Gasteiger partial charge in [-0.3, -0.25) is 4.99 Å². The van der Waals surface area contributed by atoms with Crippen molar-refractivity contribution in [3.63, 3.8) is 0 Å². The van der Waals surface area contributed by atoms with Gasteiger partial charge < -0.3 is 25.0 Å². The number of rotatable bonds is 13. The summed E-state index contributed by atoms with van der Waals surface area (Å²) in [6, 6.07) is 18.7. The standard InChI is InChI=1S/C24H36N4O2.HI/c1-25-24(26-14-16-28(2)15-7-17-29-3)27-18-21-10-12-23(13-11-21)20-30-19-22-8-5-4-6-9-22;/h4-6,8-13H,7,14-20H2,1-3H3,(H2,25,26,27);1H. The van der Waals surface area contributed by atoms with Gasteiger partial charge in [-0.2, -0.15) is 0 Å². The van der Waals surface area contributed by atoms with E-state index in [-0.39, 0.29) is 24.0 Å². The van der Waals surface area contributed by atoms with Gasteiger partial charge >= 0.3 is 0 Å². The molecule has 2 N–H and O–H groups in total. The average Bonchev–Trinajstić information content (AvgIpc) is 2.78. The SMILES string of the molecule is CN=C(NCCN(C)CCCOC)NCc1ccc(COCc2ccccc2)cc1.I. The molecule has 7 heteroatoms. The van der Waals surface area contributed by atoms with E-state index in [9.17, 15) is 0 Å². The maximum absolute atomic E-state index is 5.80. The lowest BCUT2D eigenvalue weighted by Crippen LogP contribution is -2.40. The first-order valence-electron chi connectivity index (χ1n) is 10.5. The first-order chi connectivity index (χ1) is 14.7. The molecule has 31 heavy (non-hydrogen) atoms. The van der Waals surface area contributed by atoms with Gasteiger partial charge in [0.2, 0.25) is 0 Å². The second kappa shape index (κ2) is 16.9. The van der Waals surface area contributed by atoms with Crippen LogP contribution in [0, 0.1) is 0 Å². The molecule has 0 aliphatic heterocycles. The van der Waals surface area contributed by atoms with Crippen LogP contribution >= 0.6 is 24.0 Å². The van der Waals surface area contributed by atoms with Crippen LogP contribution in [-0.4, -0.2) is 58.3 Å². The number of hydrogen-bond donors (Lipinski definition) is 2. The maximum Gasteiger partial charge on any atom is 0.191 e. The minimum absolute atomic E-state index is 0. The zero-order valence-electron chi connectivity index (χ0n) is 19.0. The lowest BCUT2D eigenvalue weighted by molar-refractivity contribution is 0.107. The van der Waals surface area contributed by atoms with Gasteiger partial charge in [0, 0.05) is 46.9 Å². The summed E-state index contributed by atoms with van der Waals surface area (Å²) in [5.41, 5.74) is 3.58. The van der Waals surface area contributed by atoms with E-state index in [0.717, 1.165) is 45.2 Å². The number of aliphatic imine (C=N–C) groups is 1. The Morgan fingerprint density at radius 2 is 1.55 bits per heavy atom. The summed E-state index contributed by atoms with van der Waals surface area (Å²) in [6.45, 7) is 5.62. The predicted octanol–water partition coefficient (Wildman–Crippen LogP) is 3.65. The molecule has 0 unspecified atom stereocenters. The molecule has 0 atom stereocenters. The first kappa shape index (κ1) is 27.4. The van der Waals surface area contributed by atoms with Gasteiger partial charge in [-0.15, -0.1) is 24.0 Å². The van der Waals surface area contributed by atoms with Gasteiger partial charge in [-0.05, 0) is 30.2 Å². The molecule has 0 amide bonds. The molecule has 6 nitrogen and oxygen atoms in total. The molecule has 0 fully saturated rings. The quantitative estimate of drug-likeness (QED) is 0.176. The number of guanidine groups is 1. The van der Waals surface area contributed by atoms with Crippen LogP contribution in [0.25, 0.3) is 0 Å². The Morgan fingerprint density at radius 1 is 0.903 bits per heavy atom. The molecule has 2 aromatic carbocycles. The Hall–Kier alpha value is -1.68. The fourth-order valence-corrected chi connectivity index (χ4v) is 2.98. The number of nitrogens with zero attached hydrogens (tertiary/aromatic N) is 2. The van der Waals surface area contributed by atoms with Crippen molar-refractivity contribution in [2.24, 2.45) is 4.99 Å². The lowest BCUT2D eigenvalue weighted by atomic mass is 10.1. The average molecular weight is 540 g/mol. The molecule has 172 valence electrons. The van der Waals surface area contributed by atoms with Crippen molar-refractivity contribution in [2.75, 3.05) is 47.4 Å². The largest absolute Gasteiger partial charge is 0.385 e. The predicted molar refractivity (Wildman–Crippen MR) is 139 cm³/mol. The number of halogens is 1. The van der Waals surface area contributed by atoms with E-state index < -0.39 is 0 Å². The van der Waals surface area contributed by atoms with Crippen molar-refractivity contribution in [3.05, 3.63) is 71.3 Å². The third-order valence-corrected chi connectivity index (χ3v) is 4.76. The number of likely N-dealkylation sites (N-methyl/N-ethyl adjacent to an activating group) is 1. The number of benzene rings is 2. The van der Waals surface area contributed by atoms with Crippen LogP contribution in [-0.2, 0) is 29.2 Å². The summed E-state index contributed by atoms with van der Waals surface area (Å²) in [6.07, 6.45) is 1.05. The molecule has 0 spiro atoms. The highest BCUT2D eigenvalue weighted by Gasteiger charge is 2.02. The molecule has 0 aromatic heterocycles. The highest BCUT2D eigenvalue weighted by molar-refractivity contribution is 14.0. The Labute approximate surface area is 204 Å². The summed E-state index contributed by atoms with van der Waals surface area (Å²) in [5, 5.41) is 6.73. The van der Waals surface area contributed by atoms with Gasteiger partial charge in [-0.1, -0.05) is 54.6 Å². The summed E-state index contributed by atoms with van der Waals surface area (Å²) in [5.74, 6) is 0.815. The summed E-state index contributed by atoms with van der Waals surface area (Å²) < 4.78 is 10.9. The van der Waals surface area contributed by atoms with Crippen molar-refractivity contribution in [1.82, 2.24) is 15.5 Å². The van der Waals surface area contributed by atoms with Crippen molar-refractivity contribution >= 4 is 29.9 Å². The van der Waals surface area contributed by atoms with Crippen LogP contribution in [0.5, 0.6) is 0 Å². The molecule has 0 heterocycles. The van der Waals surface area contributed by atoms with E-state index in [1.165, 1.54) is 16.7 Å². The molecule has 0 bridgehead atoms. The minimum Gasteiger partial charge on any atom is -0.385 e. The second-order valence-corrected chi connectivity index (χ2v) is 7.30.